The number of likely N-dealkylation sites (tertiary alicyclic amines) is 1. The van der Waals surface area contributed by atoms with Crippen molar-refractivity contribution in [2.24, 2.45) is 0 Å². The topological polar surface area (TPSA) is 24.5 Å². The van der Waals surface area contributed by atoms with Crippen LogP contribution >= 0.6 is 0 Å². The monoisotopic (exact) mass is 248 g/mol. The van der Waals surface area contributed by atoms with Crippen LogP contribution in [0.25, 0.3) is 0 Å². The second-order valence-electron chi connectivity index (χ2n) is 5.16. The minimum absolute atomic E-state index is 0.404. The van der Waals surface area contributed by atoms with Crippen LogP contribution in [0.1, 0.15) is 23.6 Å². The van der Waals surface area contributed by atoms with Crippen LogP contribution in [0.4, 0.5) is 0 Å². The third-order valence-electron chi connectivity index (χ3n) is 3.83. The first kappa shape index (κ1) is 13.5. The minimum Gasteiger partial charge on any atom is -0.380 e. The summed E-state index contributed by atoms with van der Waals surface area (Å²) in [6.45, 7) is 5.38. The van der Waals surface area contributed by atoms with Crippen molar-refractivity contribution in [2.75, 3.05) is 33.8 Å². The van der Waals surface area contributed by atoms with Gasteiger partial charge in [0, 0.05) is 32.8 Å². The van der Waals surface area contributed by atoms with Crippen LogP contribution in [0.5, 0.6) is 0 Å². The van der Waals surface area contributed by atoms with Gasteiger partial charge in [0.05, 0.1) is 6.10 Å². The summed E-state index contributed by atoms with van der Waals surface area (Å²) < 4.78 is 5.42. The third-order valence-corrected chi connectivity index (χ3v) is 3.83. The summed E-state index contributed by atoms with van der Waals surface area (Å²) in [5, 5.41) is 3.42. The van der Waals surface area contributed by atoms with E-state index in [1.165, 1.54) is 11.1 Å². The Morgan fingerprint density at radius 3 is 2.67 bits per heavy atom. The Morgan fingerprint density at radius 1 is 1.39 bits per heavy atom. The van der Waals surface area contributed by atoms with Crippen LogP contribution < -0.4 is 5.32 Å². The Bertz CT molecular complexity index is 363. The van der Waals surface area contributed by atoms with Gasteiger partial charge in [0.25, 0.3) is 0 Å². The second kappa shape index (κ2) is 6.32. The molecule has 1 fully saturated rings. The number of methoxy groups -OCH3 is 1. The highest BCUT2D eigenvalue weighted by atomic mass is 16.5. The summed E-state index contributed by atoms with van der Waals surface area (Å²) in [6, 6.07) is 9.21. The number of nitrogens with zero attached hydrogens (tertiary/aromatic N) is 1. The summed E-state index contributed by atoms with van der Waals surface area (Å²) in [6.07, 6.45) is 1.57. The molecule has 100 valence electrons. The molecule has 0 bridgehead atoms. The minimum atomic E-state index is 0.404. The highest BCUT2D eigenvalue weighted by Gasteiger charge is 2.24. The molecule has 0 saturated carbocycles. The number of ether oxygens (including phenoxy) is 1. The molecule has 0 spiro atoms. The van der Waals surface area contributed by atoms with Gasteiger partial charge in [-0.05, 0) is 26.0 Å². The lowest BCUT2D eigenvalue weighted by Crippen LogP contribution is -2.33. The van der Waals surface area contributed by atoms with Crippen molar-refractivity contribution in [1.82, 2.24) is 10.2 Å². The lowest BCUT2D eigenvalue weighted by Gasteiger charge is -2.23. The number of nitrogens with one attached hydrogen (secondary N) is 1. The van der Waals surface area contributed by atoms with E-state index in [0.29, 0.717) is 12.1 Å². The van der Waals surface area contributed by atoms with Crippen LogP contribution in [-0.4, -0.2) is 44.8 Å². The van der Waals surface area contributed by atoms with Crippen LogP contribution in [0.3, 0.4) is 0 Å². The normalized spacial score (nSPS) is 22.3. The maximum Gasteiger partial charge on any atom is 0.0710 e. The van der Waals surface area contributed by atoms with Crippen molar-refractivity contribution in [1.29, 1.82) is 0 Å². The first-order valence-corrected chi connectivity index (χ1v) is 6.72. The van der Waals surface area contributed by atoms with Crippen molar-refractivity contribution in [3.05, 3.63) is 35.4 Å². The number of likely N-dealkylation sites (N-methyl/N-ethyl adjacent to an activating group) is 1. The van der Waals surface area contributed by atoms with Gasteiger partial charge in [0.15, 0.2) is 0 Å². The quantitative estimate of drug-likeness (QED) is 0.862. The summed E-state index contributed by atoms with van der Waals surface area (Å²) in [7, 11) is 3.85. The van der Waals surface area contributed by atoms with Crippen LogP contribution in [-0.2, 0) is 4.74 Å². The molecule has 0 aromatic heterocycles. The molecule has 1 aromatic carbocycles. The van der Waals surface area contributed by atoms with Gasteiger partial charge in [0.1, 0.15) is 0 Å². The van der Waals surface area contributed by atoms with Crippen molar-refractivity contribution in [2.45, 2.75) is 25.5 Å². The molecule has 1 aliphatic rings. The second-order valence-corrected chi connectivity index (χ2v) is 5.16. The van der Waals surface area contributed by atoms with Crippen molar-refractivity contribution < 1.29 is 4.74 Å². The molecule has 3 nitrogen and oxygen atoms in total. The average Bonchev–Trinajstić information content (AvgIpc) is 2.85. The van der Waals surface area contributed by atoms with E-state index in [1.54, 1.807) is 0 Å². The van der Waals surface area contributed by atoms with E-state index in [9.17, 15) is 0 Å². The van der Waals surface area contributed by atoms with Gasteiger partial charge in [-0.2, -0.15) is 0 Å². The Hall–Kier alpha value is -0.900. The smallest absolute Gasteiger partial charge is 0.0710 e. The zero-order chi connectivity index (χ0) is 13.0. The fourth-order valence-corrected chi connectivity index (χ4v) is 2.58. The fourth-order valence-electron chi connectivity index (χ4n) is 2.58. The molecule has 1 N–H and O–H groups in total. The Kier molecular flexibility index (Phi) is 4.75. The van der Waals surface area contributed by atoms with Gasteiger partial charge in [0.2, 0.25) is 0 Å². The molecule has 1 heterocycles. The van der Waals surface area contributed by atoms with E-state index in [2.05, 4.69) is 41.4 Å². The molecule has 0 aliphatic carbocycles. The van der Waals surface area contributed by atoms with E-state index in [0.717, 1.165) is 26.1 Å². The van der Waals surface area contributed by atoms with Crippen LogP contribution in [0, 0.1) is 6.92 Å². The van der Waals surface area contributed by atoms with Gasteiger partial charge >= 0.3 is 0 Å². The molecule has 2 unspecified atom stereocenters. The van der Waals surface area contributed by atoms with E-state index in [4.69, 9.17) is 4.74 Å². The maximum atomic E-state index is 5.42. The lowest BCUT2D eigenvalue weighted by molar-refractivity contribution is 0.107. The van der Waals surface area contributed by atoms with Gasteiger partial charge < -0.3 is 10.1 Å². The highest BCUT2D eigenvalue weighted by molar-refractivity contribution is 5.24. The number of rotatable bonds is 5. The zero-order valence-electron chi connectivity index (χ0n) is 11.6. The first-order chi connectivity index (χ1) is 8.72. The first-order valence-electron chi connectivity index (χ1n) is 6.72. The third kappa shape index (κ3) is 3.31. The molecule has 0 radical (unpaired) electrons. The molecule has 2 rings (SSSR count). The molecule has 1 saturated heterocycles. The summed E-state index contributed by atoms with van der Waals surface area (Å²) >= 11 is 0. The van der Waals surface area contributed by atoms with E-state index < -0.39 is 0 Å². The Labute approximate surface area is 110 Å². The Balaban J connectivity index is 1.95. The van der Waals surface area contributed by atoms with Crippen molar-refractivity contribution in [3.8, 4) is 0 Å². The largest absolute Gasteiger partial charge is 0.380 e. The summed E-state index contributed by atoms with van der Waals surface area (Å²) in [5.41, 5.74) is 2.68. The lowest BCUT2D eigenvalue weighted by atomic mass is 10.0. The Morgan fingerprint density at radius 2 is 2.11 bits per heavy atom. The summed E-state index contributed by atoms with van der Waals surface area (Å²) in [5.74, 6) is 0. The number of benzene rings is 1. The fraction of sp³-hybridized carbons (Fsp3) is 0.600. The highest BCUT2D eigenvalue weighted by Crippen LogP contribution is 2.19. The van der Waals surface area contributed by atoms with Crippen LogP contribution in [0.2, 0.25) is 0 Å². The van der Waals surface area contributed by atoms with E-state index >= 15 is 0 Å². The average molecular weight is 248 g/mol. The summed E-state index contributed by atoms with van der Waals surface area (Å²) in [4.78, 5) is 2.48. The molecule has 2 atom stereocenters. The zero-order valence-corrected chi connectivity index (χ0v) is 11.6. The molecule has 18 heavy (non-hydrogen) atoms. The molecule has 3 heteroatoms. The van der Waals surface area contributed by atoms with Crippen molar-refractivity contribution >= 4 is 0 Å². The SMILES string of the molecule is CNC(CN1CCC(OC)C1)c1ccc(C)cc1. The van der Waals surface area contributed by atoms with Gasteiger partial charge in [-0.15, -0.1) is 0 Å². The van der Waals surface area contributed by atoms with Crippen LogP contribution in [0.15, 0.2) is 24.3 Å². The maximum absolute atomic E-state index is 5.42. The molecular formula is C15H24N2O. The van der Waals surface area contributed by atoms with E-state index in [-0.39, 0.29) is 0 Å². The van der Waals surface area contributed by atoms with Gasteiger partial charge in [-0.25, -0.2) is 0 Å². The van der Waals surface area contributed by atoms with Gasteiger partial charge in [-0.1, -0.05) is 29.8 Å². The predicted molar refractivity (Wildman–Crippen MR) is 74.8 cm³/mol. The van der Waals surface area contributed by atoms with Crippen molar-refractivity contribution in [3.63, 3.8) is 0 Å². The molecule has 1 aliphatic heterocycles. The van der Waals surface area contributed by atoms with Gasteiger partial charge in [-0.3, -0.25) is 4.90 Å². The predicted octanol–water partition coefficient (Wildman–Crippen LogP) is 1.98. The van der Waals surface area contributed by atoms with E-state index in [1.807, 2.05) is 14.2 Å². The number of hydrogen-bond acceptors (Lipinski definition) is 3. The molecule has 0 amide bonds. The molecule has 1 aromatic rings. The number of aryl methyl sites for hydroxylation is 1. The number of hydrogen-bond donors (Lipinski definition) is 1. The standard InChI is InChI=1S/C15H24N2O/c1-12-4-6-13(7-5-12)15(16-2)11-17-9-8-14(10-17)18-3/h4-7,14-16H,8-11H2,1-3H3. The molecular weight excluding hydrogens is 224 g/mol.